The van der Waals surface area contributed by atoms with Gasteiger partial charge in [-0.25, -0.2) is 9.78 Å². The lowest BCUT2D eigenvalue weighted by atomic mass is 10.1. The lowest BCUT2D eigenvalue weighted by molar-refractivity contribution is 0.116. The van der Waals surface area contributed by atoms with E-state index in [9.17, 15) is 4.79 Å². The quantitative estimate of drug-likeness (QED) is 0.814. The van der Waals surface area contributed by atoms with Crippen LogP contribution in [0.1, 0.15) is 24.0 Å². The van der Waals surface area contributed by atoms with Gasteiger partial charge in [0.1, 0.15) is 5.82 Å². The number of fused-ring (bicyclic) bond motifs is 1. The normalized spacial score (nSPS) is 13.5. The van der Waals surface area contributed by atoms with Crippen molar-refractivity contribution in [2.24, 2.45) is 0 Å². The molecule has 0 N–H and O–H groups in total. The lowest BCUT2D eigenvalue weighted by Gasteiger charge is -2.26. The van der Waals surface area contributed by atoms with Gasteiger partial charge in [-0.1, -0.05) is 6.58 Å². The first kappa shape index (κ1) is 15.3. The Morgan fingerprint density at radius 2 is 2.09 bits per heavy atom. The van der Waals surface area contributed by atoms with Crippen LogP contribution in [0.5, 0.6) is 0 Å². The Bertz CT molecular complexity index is 709. The molecule has 1 amide bonds. The van der Waals surface area contributed by atoms with Gasteiger partial charge in [-0.3, -0.25) is 9.88 Å². The number of rotatable bonds is 4. The topological polar surface area (TPSA) is 60.2 Å². The van der Waals surface area contributed by atoms with E-state index in [0.29, 0.717) is 18.8 Å². The molecular weight excluding hydrogens is 292 g/mol. The summed E-state index contributed by atoms with van der Waals surface area (Å²) in [7, 11) is 0. The predicted molar refractivity (Wildman–Crippen MR) is 85.6 cm³/mol. The van der Waals surface area contributed by atoms with Crippen molar-refractivity contribution in [3.05, 3.63) is 60.1 Å². The number of hydrogen-bond acceptors (Lipinski definition) is 4. The summed E-state index contributed by atoms with van der Waals surface area (Å²) >= 11 is 0. The van der Waals surface area contributed by atoms with Crippen molar-refractivity contribution in [2.75, 3.05) is 6.54 Å². The third kappa shape index (κ3) is 3.77. The molecule has 3 rings (SSSR count). The maximum atomic E-state index is 11.9. The molecule has 2 aromatic rings. The monoisotopic (exact) mass is 312 g/mol. The van der Waals surface area contributed by atoms with E-state index in [1.807, 2.05) is 12.1 Å². The maximum absolute atomic E-state index is 11.9. The van der Waals surface area contributed by atoms with E-state index in [0.717, 1.165) is 30.9 Å². The summed E-state index contributed by atoms with van der Waals surface area (Å²) in [6, 6.07) is 4.04. The molecule has 0 atom stereocenters. The third-order valence-electron chi connectivity index (χ3n) is 3.79. The van der Waals surface area contributed by atoms with Crippen molar-refractivity contribution in [2.45, 2.75) is 32.9 Å². The van der Waals surface area contributed by atoms with Crippen LogP contribution in [-0.4, -0.2) is 32.1 Å². The van der Waals surface area contributed by atoms with Gasteiger partial charge in [0.15, 0.2) is 0 Å². The minimum absolute atomic E-state index is 0.356. The Hall–Kier alpha value is -2.63. The molecule has 0 saturated carbocycles. The van der Waals surface area contributed by atoms with Crippen molar-refractivity contribution in [3.8, 4) is 0 Å². The molecule has 3 heterocycles. The molecule has 120 valence electrons. The molecule has 0 radical (unpaired) electrons. The second-order valence-corrected chi connectivity index (χ2v) is 5.69. The predicted octanol–water partition coefficient (Wildman–Crippen LogP) is 2.55. The van der Waals surface area contributed by atoms with Gasteiger partial charge in [0.25, 0.3) is 0 Å². The fourth-order valence-corrected chi connectivity index (χ4v) is 2.62. The van der Waals surface area contributed by atoms with E-state index in [2.05, 4.69) is 27.3 Å². The first-order valence-electron chi connectivity index (χ1n) is 7.68. The largest absolute Gasteiger partial charge is 0.416 e. The van der Waals surface area contributed by atoms with Crippen LogP contribution in [0.25, 0.3) is 0 Å². The van der Waals surface area contributed by atoms with Crippen molar-refractivity contribution in [1.82, 2.24) is 19.4 Å². The molecule has 0 aliphatic carbocycles. The molecule has 0 spiro atoms. The van der Waals surface area contributed by atoms with Gasteiger partial charge in [0.2, 0.25) is 0 Å². The second kappa shape index (κ2) is 6.64. The molecule has 23 heavy (non-hydrogen) atoms. The zero-order valence-corrected chi connectivity index (χ0v) is 13.2. The Kier molecular flexibility index (Phi) is 4.41. The lowest BCUT2D eigenvalue weighted by Crippen LogP contribution is -2.38. The molecule has 0 aromatic carbocycles. The number of allylic oxidation sites excluding steroid dienone is 1. The summed E-state index contributed by atoms with van der Waals surface area (Å²) in [6.07, 6.45) is 7.14. The van der Waals surface area contributed by atoms with Crippen LogP contribution in [0.3, 0.4) is 0 Å². The summed E-state index contributed by atoms with van der Waals surface area (Å²) in [4.78, 5) is 22.3. The van der Waals surface area contributed by atoms with Gasteiger partial charge in [-0.2, -0.15) is 0 Å². The second-order valence-electron chi connectivity index (χ2n) is 5.69. The van der Waals surface area contributed by atoms with Crippen molar-refractivity contribution < 1.29 is 9.53 Å². The summed E-state index contributed by atoms with van der Waals surface area (Å²) in [6.45, 7) is 7.10. The maximum Gasteiger partial charge on any atom is 0.415 e. The number of nitrogens with zero attached hydrogens (tertiary/aromatic N) is 4. The first-order chi connectivity index (χ1) is 11.1. The number of carbonyl (C=O) groups is 1. The van der Waals surface area contributed by atoms with Gasteiger partial charge in [0.05, 0.1) is 18.0 Å². The van der Waals surface area contributed by atoms with E-state index in [4.69, 9.17) is 4.74 Å². The smallest absolute Gasteiger partial charge is 0.415 e. The minimum Gasteiger partial charge on any atom is -0.416 e. The van der Waals surface area contributed by atoms with Gasteiger partial charge < -0.3 is 9.30 Å². The molecule has 1 aliphatic rings. The number of hydrogen-bond donors (Lipinski definition) is 0. The highest BCUT2D eigenvalue weighted by Gasteiger charge is 2.23. The number of pyridine rings is 1. The summed E-state index contributed by atoms with van der Waals surface area (Å²) in [5.41, 5.74) is 2.30. The molecule has 0 bridgehead atoms. The molecule has 0 saturated heterocycles. The van der Waals surface area contributed by atoms with Gasteiger partial charge in [-0.05, 0) is 37.5 Å². The average Bonchev–Trinajstić information content (AvgIpc) is 2.95. The Morgan fingerprint density at radius 1 is 1.30 bits per heavy atom. The highest BCUT2D eigenvalue weighted by molar-refractivity contribution is 5.68. The molecule has 2 aromatic heterocycles. The molecule has 6 nitrogen and oxygen atoms in total. The third-order valence-corrected chi connectivity index (χ3v) is 3.79. The van der Waals surface area contributed by atoms with E-state index >= 15 is 0 Å². The fourth-order valence-electron chi connectivity index (χ4n) is 2.62. The van der Waals surface area contributed by atoms with Crippen LogP contribution in [0.15, 0.2) is 43.1 Å². The van der Waals surface area contributed by atoms with Crippen molar-refractivity contribution in [1.29, 1.82) is 0 Å². The van der Waals surface area contributed by atoms with Crippen LogP contribution in [-0.2, 0) is 30.7 Å². The number of imidazole rings is 1. The van der Waals surface area contributed by atoms with Gasteiger partial charge in [-0.15, -0.1) is 0 Å². The average molecular weight is 312 g/mol. The Labute approximate surface area is 135 Å². The van der Waals surface area contributed by atoms with Crippen LogP contribution in [0.4, 0.5) is 4.79 Å². The molecule has 1 aliphatic heterocycles. The van der Waals surface area contributed by atoms with E-state index in [-0.39, 0.29) is 6.09 Å². The van der Waals surface area contributed by atoms with Gasteiger partial charge in [0, 0.05) is 31.7 Å². The fraction of sp³-hybridized carbons (Fsp3) is 0.353. The van der Waals surface area contributed by atoms with Crippen molar-refractivity contribution in [3.63, 3.8) is 0 Å². The van der Waals surface area contributed by atoms with Crippen LogP contribution >= 0.6 is 0 Å². The number of ether oxygens (including phenoxy) is 1. The Morgan fingerprint density at radius 3 is 2.83 bits per heavy atom. The van der Waals surface area contributed by atoms with Gasteiger partial charge >= 0.3 is 6.09 Å². The van der Waals surface area contributed by atoms with E-state index < -0.39 is 0 Å². The zero-order valence-electron chi connectivity index (χ0n) is 13.2. The van der Waals surface area contributed by atoms with Crippen LogP contribution in [0.2, 0.25) is 0 Å². The van der Waals surface area contributed by atoms with Crippen molar-refractivity contribution >= 4 is 6.09 Å². The summed E-state index contributed by atoms with van der Waals surface area (Å²) in [5.74, 6) is 1.31. The van der Waals surface area contributed by atoms with E-state index in [1.54, 1.807) is 24.2 Å². The summed E-state index contributed by atoms with van der Waals surface area (Å²) < 4.78 is 7.18. The molecule has 6 heteroatoms. The molecular formula is C17H20N4O2. The SMILES string of the molecule is C=C(C)OC(=O)N1CCn2cc(CCc3ccncc3)nc2C1. The summed E-state index contributed by atoms with van der Waals surface area (Å²) in [5, 5.41) is 0. The number of aromatic nitrogens is 3. The Balaban J connectivity index is 1.62. The molecule has 0 unspecified atom stereocenters. The number of amides is 1. The first-order valence-corrected chi connectivity index (χ1v) is 7.68. The minimum atomic E-state index is -0.356. The highest BCUT2D eigenvalue weighted by Crippen LogP contribution is 2.15. The van der Waals surface area contributed by atoms with E-state index in [1.165, 1.54) is 5.56 Å². The van der Waals surface area contributed by atoms with Crippen LogP contribution < -0.4 is 0 Å². The zero-order chi connectivity index (χ0) is 16.2. The number of aryl methyl sites for hydroxylation is 2. The highest BCUT2D eigenvalue weighted by atomic mass is 16.6. The number of carbonyl (C=O) groups excluding carboxylic acids is 1. The standard InChI is InChI=1S/C17H20N4O2/c1-13(2)23-17(22)21-10-9-20-11-15(19-16(20)12-21)4-3-14-5-7-18-8-6-14/h5-8,11H,1,3-4,9-10,12H2,2H3. The molecule has 0 fully saturated rings. The van der Waals surface area contributed by atoms with Crippen LogP contribution in [0, 0.1) is 0 Å².